The van der Waals surface area contributed by atoms with Crippen molar-refractivity contribution >= 4 is 52.4 Å². The van der Waals surface area contributed by atoms with Crippen LogP contribution in [0.3, 0.4) is 0 Å². The van der Waals surface area contributed by atoms with E-state index in [4.69, 9.17) is 49.2 Å². The van der Waals surface area contributed by atoms with Gasteiger partial charge in [0.25, 0.3) is 0 Å². The molecule has 4 N–H and O–H groups in total. The maximum atomic E-state index is 12.6. The second-order valence-corrected chi connectivity index (χ2v) is 19.1. The summed E-state index contributed by atoms with van der Waals surface area (Å²) in [5.74, 6) is 2.26. The number of nitrogens with two attached hydrogens (primary N) is 2. The molecule has 3 saturated heterocycles. The van der Waals surface area contributed by atoms with Gasteiger partial charge in [0.1, 0.15) is 34.3 Å². The molecule has 0 aromatic carbocycles. The molecule has 0 aliphatic carbocycles. The highest BCUT2D eigenvalue weighted by atomic mass is 79.9. The monoisotopic (exact) mass is 900 g/mol. The van der Waals surface area contributed by atoms with Gasteiger partial charge >= 0.3 is 19.3 Å². The average molecular weight is 902 g/mol. The molecule has 2 aromatic rings. The Morgan fingerprint density at radius 2 is 1.22 bits per heavy atom. The number of hydrogen-bond acceptors (Lipinski definition) is 14. The fourth-order valence-corrected chi connectivity index (χ4v) is 7.62. The molecule has 5 aliphatic rings. The lowest BCUT2D eigenvalue weighted by Gasteiger charge is -2.44. The van der Waals surface area contributed by atoms with Gasteiger partial charge in [0, 0.05) is 30.1 Å². The first-order valence-corrected chi connectivity index (χ1v) is 20.9. The molecular weight excluding hydrogens is 839 g/mol. The molecule has 5 aliphatic heterocycles. The number of morpholine rings is 2. The Labute approximate surface area is 362 Å². The first-order chi connectivity index (χ1) is 27.9. The van der Waals surface area contributed by atoms with Crippen LogP contribution in [-0.4, -0.2) is 126 Å². The summed E-state index contributed by atoms with van der Waals surface area (Å²) in [6, 6.07) is 2.94. The molecule has 16 nitrogen and oxygen atoms in total. The normalized spacial score (nSPS) is 24.1. The third kappa shape index (κ3) is 11.4. The number of halogens is 1. The van der Waals surface area contributed by atoms with Crippen LogP contribution in [0.1, 0.15) is 87.6 Å². The van der Waals surface area contributed by atoms with E-state index in [1.54, 1.807) is 43.6 Å². The van der Waals surface area contributed by atoms with Crippen LogP contribution in [0, 0.1) is 0 Å². The number of ether oxygens (including phenoxy) is 6. The van der Waals surface area contributed by atoms with Gasteiger partial charge in [-0.1, -0.05) is 12.2 Å². The van der Waals surface area contributed by atoms with Crippen LogP contribution in [0.15, 0.2) is 46.6 Å². The molecule has 3 fully saturated rings. The van der Waals surface area contributed by atoms with E-state index in [1.807, 2.05) is 80.2 Å². The zero-order chi connectivity index (χ0) is 44.4. The minimum Gasteiger partial charge on any atom is -0.496 e. The maximum Gasteiger partial charge on any atom is 0.490 e. The second-order valence-electron chi connectivity index (χ2n) is 18.3. The lowest BCUT2D eigenvalue weighted by Crippen LogP contribution is -2.58. The fraction of sp³-hybridized carbons (Fsp3) is 0.619. The van der Waals surface area contributed by atoms with E-state index in [9.17, 15) is 9.59 Å². The molecule has 4 atom stereocenters. The number of nitrogen functional groups attached to an aromatic ring is 2. The van der Waals surface area contributed by atoms with Crippen LogP contribution >= 0.6 is 15.9 Å². The number of rotatable bonds is 4. The molecule has 7 heterocycles. The van der Waals surface area contributed by atoms with Gasteiger partial charge in [-0.05, 0) is 109 Å². The number of carbonyl (C=O) groups is 2. The third-order valence-corrected chi connectivity index (χ3v) is 11.3. The largest absolute Gasteiger partial charge is 0.496 e. The van der Waals surface area contributed by atoms with Gasteiger partial charge in [0.15, 0.2) is 0 Å². The average Bonchev–Trinajstić information content (AvgIpc) is 3.36. The Morgan fingerprint density at radius 3 is 1.67 bits per heavy atom. The smallest absolute Gasteiger partial charge is 0.490 e. The van der Waals surface area contributed by atoms with Gasteiger partial charge in [-0.15, -0.1) is 0 Å². The summed E-state index contributed by atoms with van der Waals surface area (Å²) < 4.78 is 46.0. The lowest BCUT2D eigenvalue weighted by atomic mass is 9.71. The van der Waals surface area contributed by atoms with E-state index in [0.29, 0.717) is 62.4 Å². The Bertz CT molecular complexity index is 1920. The summed E-state index contributed by atoms with van der Waals surface area (Å²) in [6.45, 7) is 21.4. The Morgan fingerprint density at radius 1 is 0.750 bits per heavy atom. The van der Waals surface area contributed by atoms with Crippen molar-refractivity contribution in [1.29, 1.82) is 0 Å². The molecule has 0 saturated carbocycles. The lowest BCUT2D eigenvalue weighted by molar-refractivity contribution is -0.0532. The highest BCUT2D eigenvalue weighted by molar-refractivity contribution is 9.10. The number of hydrogen-bond donors (Lipinski definition) is 2. The van der Waals surface area contributed by atoms with Crippen LogP contribution in [-0.2, 0) is 28.3 Å². The number of aromatic nitrogens is 2. The topological polar surface area (TPSA) is 192 Å². The van der Waals surface area contributed by atoms with E-state index in [2.05, 4.69) is 32.0 Å². The van der Waals surface area contributed by atoms with E-state index in [0.717, 1.165) is 21.1 Å². The summed E-state index contributed by atoms with van der Waals surface area (Å²) >= 11 is 3.25. The molecule has 2 amide bonds. The predicted octanol–water partition coefficient (Wildman–Crippen LogP) is 6.85. The van der Waals surface area contributed by atoms with Crippen molar-refractivity contribution in [3.63, 3.8) is 0 Å². The zero-order valence-electron chi connectivity index (χ0n) is 37.0. The van der Waals surface area contributed by atoms with Gasteiger partial charge in [-0.3, -0.25) is 9.80 Å². The van der Waals surface area contributed by atoms with Crippen LogP contribution in [0.25, 0.3) is 5.57 Å². The summed E-state index contributed by atoms with van der Waals surface area (Å²) in [5.41, 5.74) is 12.4. The van der Waals surface area contributed by atoms with E-state index in [-0.39, 0.29) is 54.7 Å². The highest BCUT2D eigenvalue weighted by Crippen LogP contribution is 2.42. The van der Waals surface area contributed by atoms with Gasteiger partial charge in [0.2, 0.25) is 0 Å². The summed E-state index contributed by atoms with van der Waals surface area (Å²) in [6.07, 6.45) is 8.16. The standard InChI is InChI=1S/C18H30BNO5.C18H25N3O4.C6H7BrN2O/c1-16(2,3)23-15(21)20-13-8-12(9-14(20)11-22-10-13)19-24-17(4,5)18(6,7)25-19;1-18(2,3)25-17(22)21-12-5-11(6-13(21)10-24-9-12)14-8-20-16(19)7-15(14)23-4;1-10-5-2-6(8)9-3-4(5)7/h8,13-14H,9-11H2,1-7H3;5,7-8,12-13H,6,9-10H2,1-4H3,(H2,19,20);2-3H,1H3,(H2,8,9). The predicted molar refractivity (Wildman–Crippen MR) is 232 cm³/mol. The van der Waals surface area contributed by atoms with Crippen LogP contribution in [0.4, 0.5) is 21.2 Å². The van der Waals surface area contributed by atoms with E-state index in [1.165, 1.54) is 0 Å². The van der Waals surface area contributed by atoms with Crippen molar-refractivity contribution in [2.45, 2.75) is 129 Å². The first kappa shape index (κ1) is 47.0. The summed E-state index contributed by atoms with van der Waals surface area (Å²) in [4.78, 5) is 36.8. The second kappa shape index (κ2) is 18.5. The molecule has 0 radical (unpaired) electrons. The quantitative estimate of drug-likeness (QED) is 0.303. The molecule has 18 heteroatoms. The Kier molecular flexibility index (Phi) is 14.5. The minimum absolute atomic E-state index is 0.0485. The molecular formula is C42H62BBrN6O10. The molecule has 4 unspecified atom stereocenters. The van der Waals surface area contributed by atoms with Gasteiger partial charge < -0.3 is 49.2 Å². The number of pyridine rings is 2. The van der Waals surface area contributed by atoms with Crippen molar-refractivity contribution < 1.29 is 47.3 Å². The number of methoxy groups -OCH3 is 2. The molecule has 0 spiro atoms. The molecule has 330 valence electrons. The van der Waals surface area contributed by atoms with Gasteiger partial charge in [-0.25, -0.2) is 19.6 Å². The van der Waals surface area contributed by atoms with Crippen molar-refractivity contribution in [2.75, 3.05) is 52.1 Å². The number of carbonyl (C=O) groups excluding carboxylic acids is 2. The number of amides is 2. The highest BCUT2D eigenvalue weighted by Gasteiger charge is 2.54. The Balaban J connectivity index is 0.000000186. The number of anilines is 2. The number of nitrogens with zero attached hydrogens (tertiary/aromatic N) is 4. The van der Waals surface area contributed by atoms with Crippen LogP contribution in [0.2, 0.25) is 0 Å². The van der Waals surface area contributed by atoms with Crippen molar-refractivity contribution in [1.82, 2.24) is 19.8 Å². The van der Waals surface area contributed by atoms with Crippen LogP contribution in [0.5, 0.6) is 11.5 Å². The minimum atomic E-state index is -0.527. The third-order valence-electron chi connectivity index (χ3n) is 10.7. The zero-order valence-corrected chi connectivity index (χ0v) is 38.6. The van der Waals surface area contributed by atoms with Crippen molar-refractivity contribution in [3.8, 4) is 11.5 Å². The first-order valence-electron chi connectivity index (χ1n) is 20.1. The Hall–Kier alpha value is -4.10. The van der Waals surface area contributed by atoms with Gasteiger partial charge in [-0.2, -0.15) is 0 Å². The van der Waals surface area contributed by atoms with Crippen molar-refractivity contribution in [2.24, 2.45) is 0 Å². The van der Waals surface area contributed by atoms with Crippen LogP contribution < -0.4 is 20.9 Å². The van der Waals surface area contributed by atoms with E-state index >= 15 is 0 Å². The molecule has 7 rings (SSSR count). The number of fused-ring (bicyclic) bond motifs is 4. The molecule has 60 heavy (non-hydrogen) atoms. The van der Waals surface area contributed by atoms with E-state index < -0.39 is 11.2 Å². The SMILES string of the molecule is CC(C)(C)OC(=O)N1C2C=C(B3OC(C)(C)C(C)(C)O3)CC1COC2.COc1cc(N)ncc1Br.COc1cc(N)ncc1C1=CC2COCC(C1)N2C(=O)OC(C)(C)C. The molecule has 4 bridgehead atoms. The maximum absolute atomic E-state index is 12.6. The summed E-state index contributed by atoms with van der Waals surface area (Å²) in [5, 5.41) is 0. The molecule has 2 aromatic heterocycles. The van der Waals surface area contributed by atoms with Crippen molar-refractivity contribution in [3.05, 3.63) is 52.2 Å². The van der Waals surface area contributed by atoms with Gasteiger partial charge in [0.05, 0.1) is 80.5 Å². The fourth-order valence-electron chi connectivity index (χ4n) is 7.25. The summed E-state index contributed by atoms with van der Waals surface area (Å²) in [7, 11) is 2.83.